The van der Waals surface area contributed by atoms with Crippen LogP contribution in [-0.4, -0.2) is 31.3 Å². The van der Waals surface area contributed by atoms with Crippen LogP contribution in [0.15, 0.2) is 5.38 Å². The van der Waals surface area contributed by atoms with E-state index in [0.717, 1.165) is 17.0 Å². The zero-order valence-corrected chi connectivity index (χ0v) is 13.3. The van der Waals surface area contributed by atoms with E-state index < -0.39 is 9.84 Å². The molecule has 0 aromatic carbocycles. The molecule has 0 aliphatic rings. The highest BCUT2D eigenvalue weighted by Gasteiger charge is 2.17. The Morgan fingerprint density at radius 3 is 2.53 bits per heavy atom. The van der Waals surface area contributed by atoms with E-state index in [1.54, 1.807) is 0 Å². The first kappa shape index (κ1) is 16.1. The maximum absolute atomic E-state index is 11.5. The SMILES string of the molecule is CC(C)(C)c1csc(CNC(=O)CCS(C)(=O)=O)n1. The van der Waals surface area contributed by atoms with Crippen LogP contribution in [0.3, 0.4) is 0 Å². The van der Waals surface area contributed by atoms with Gasteiger partial charge in [0.05, 0.1) is 18.0 Å². The summed E-state index contributed by atoms with van der Waals surface area (Å²) >= 11 is 1.50. The number of hydrogen-bond acceptors (Lipinski definition) is 5. The minimum Gasteiger partial charge on any atom is -0.350 e. The molecule has 0 fully saturated rings. The average Bonchev–Trinajstić information content (AvgIpc) is 2.70. The van der Waals surface area contributed by atoms with Gasteiger partial charge < -0.3 is 5.32 Å². The molecule has 1 N–H and O–H groups in total. The van der Waals surface area contributed by atoms with Crippen LogP contribution in [0.2, 0.25) is 0 Å². The molecule has 0 bridgehead atoms. The zero-order chi connectivity index (χ0) is 14.7. The third kappa shape index (κ3) is 6.15. The van der Waals surface area contributed by atoms with Crippen molar-refractivity contribution in [1.82, 2.24) is 10.3 Å². The molecular weight excluding hydrogens is 284 g/mol. The van der Waals surface area contributed by atoms with Gasteiger partial charge in [-0.3, -0.25) is 4.79 Å². The summed E-state index contributed by atoms with van der Waals surface area (Å²) < 4.78 is 21.9. The molecule has 7 heteroatoms. The van der Waals surface area contributed by atoms with Crippen LogP contribution in [0.4, 0.5) is 0 Å². The highest BCUT2D eigenvalue weighted by atomic mass is 32.2. The molecule has 0 saturated carbocycles. The van der Waals surface area contributed by atoms with Gasteiger partial charge >= 0.3 is 0 Å². The lowest BCUT2D eigenvalue weighted by molar-refractivity contribution is -0.120. The van der Waals surface area contributed by atoms with Crippen LogP contribution in [0.25, 0.3) is 0 Å². The predicted octanol–water partition coefficient (Wildman–Crippen LogP) is 1.49. The van der Waals surface area contributed by atoms with Crippen molar-refractivity contribution in [2.75, 3.05) is 12.0 Å². The van der Waals surface area contributed by atoms with Crippen molar-refractivity contribution in [3.05, 3.63) is 16.1 Å². The van der Waals surface area contributed by atoms with Crippen molar-refractivity contribution in [2.24, 2.45) is 0 Å². The average molecular weight is 304 g/mol. The molecule has 0 atom stereocenters. The van der Waals surface area contributed by atoms with Gasteiger partial charge in [0.15, 0.2) is 0 Å². The number of carbonyl (C=O) groups excluding carboxylic acids is 1. The Balaban J connectivity index is 2.45. The summed E-state index contributed by atoms with van der Waals surface area (Å²) in [5.41, 5.74) is 0.993. The highest BCUT2D eigenvalue weighted by Crippen LogP contribution is 2.23. The van der Waals surface area contributed by atoms with E-state index in [4.69, 9.17) is 0 Å². The number of sulfone groups is 1. The fourth-order valence-corrected chi connectivity index (χ4v) is 2.79. The lowest BCUT2D eigenvalue weighted by Gasteiger charge is -2.14. The van der Waals surface area contributed by atoms with E-state index >= 15 is 0 Å². The number of carbonyl (C=O) groups is 1. The van der Waals surface area contributed by atoms with Gasteiger partial charge in [0.25, 0.3) is 0 Å². The summed E-state index contributed by atoms with van der Waals surface area (Å²) in [6.45, 7) is 6.59. The molecule has 0 unspecified atom stereocenters. The maximum atomic E-state index is 11.5. The van der Waals surface area contributed by atoms with Gasteiger partial charge in [0, 0.05) is 23.5 Å². The Morgan fingerprint density at radius 2 is 2.05 bits per heavy atom. The topological polar surface area (TPSA) is 76.1 Å². The largest absolute Gasteiger partial charge is 0.350 e. The molecule has 1 amide bonds. The number of nitrogens with zero attached hydrogens (tertiary/aromatic N) is 1. The fraction of sp³-hybridized carbons (Fsp3) is 0.667. The van der Waals surface area contributed by atoms with Gasteiger partial charge in [-0.05, 0) is 0 Å². The number of thiazole rings is 1. The Bertz CT molecular complexity index is 542. The second-order valence-electron chi connectivity index (χ2n) is 5.53. The zero-order valence-electron chi connectivity index (χ0n) is 11.7. The van der Waals surface area contributed by atoms with Crippen molar-refractivity contribution >= 4 is 27.1 Å². The summed E-state index contributed by atoms with van der Waals surface area (Å²) in [5.74, 6) is -0.387. The number of rotatable bonds is 5. The second kappa shape index (κ2) is 6.00. The summed E-state index contributed by atoms with van der Waals surface area (Å²) in [5, 5.41) is 5.50. The van der Waals surface area contributed by atoms with Crippen LogP contribution in [0.1, 0.15) is 37.9 Å². The summed E-state index contributed by atoms with van der Waals surface area (Å²) in [4.78, 5) is 15.9. The standard InChI is InChI=1S/C12H20N2O3S2/c1-12(2,3)9-8-18-11(14-9)7-13-10(15)5-6-19(4,16)17/h8H,5-7H2,1-4H3,(H,13,15). The van der Waals surface area contributed by atoms with E-state index in [0.29, 0.717) is 6.54 Å². The van der Waals surface area contributed by atoms with Gasteiger partial charge in [-0.25, -0.2) is 13.4 Å². The monoisotopic (exact) mass is 304 g/mol. The second-order valence-corrected chi connectivity index (χ2v) is 8.74. The number of hydrogen-bond donors (Lipinski definition) is 1. The minimum absolute atomic E-state index is 0.00363. The van der Waals surface area contributed by atoms with Crippen LogP contribution >= 0.6 is 11.3 Å². The van der Waals surface area contributed by atoms with E-state index in [1.807, 2.05) is 5.38 Å². The molecular formula is C12H20N2O3S2. The lowest BCUT2D eigenvalue weighted by Crippen LogP contribution is -2.25. The lowest BCUT2D eigenvalue weighted by atomic mass is 9.93. The molecule has 1 heterocycles. The van der Waals surface area contributed by atoms with E-state index in [1.165, 1.54) is 11.3 Å². The Kier molecular flexibility index (Phi) is 5.09. The molecule has 1 rings (SSSR count). The molecule has 0 spiro atoms. The number of amides is 1. The van der Waals surface area contributed by atoms with Gasteiger partial charge in [-0.2, -0.15) is 0 Å². The molecule has 1 aromatic heterocycles. The predicted molar refractivity (Wildman–Crippen MR) is 77.0 cm³/mol. The third-order valence-electron chi connectivity index (χ3n) is 2.46. The Morgan fingerprint density at radius 1 is 1.42 bits per heavy atom. The van der Waals surface area contributed by atoms with Gasteiger partial charge in [-0.15, -0.1) is 11.3 Å². The molecule has 108 valence electrons. The van der Waals surface area contributed by atoms with Crippen molar-refractivity contribution in [1.29, 1.82) is 0 Å². The first-order valence-corrected chi connectivity index (χ1v) is 8.91. The van der Waals surface area contributed by atoms with Crippen molar-refractivity contribution in [2.45, 2.75) is 39.2 Å². The smallest absolute Gasteiger partial charge is 0.221 e. The molecule has 0 aliphatic heterocycles. The van der Waals surface area contributed by atoms with Crippen molar-refractivity contribution < 1.29 is 13.2 Å². The van der Waals surface area contributed by atoms with Gasteiger partial charge in [0.2, 0.25) is 5.91 Å². The van der Waals surface area contributed by atoms with E-state index in [2.05, 4.69) is 31.1 Å². The molecule has 19 heavy (non-hydrogen) atoms. The first-order valence-electron chi connectivity index (χ1n) is 5.97. The van der Waals surface area contributed by atoms with Crippen LogP contribution in [0.5, 0.6) is 0 Å². The van der Waals surface area contributed by atoms with Crippen molar-refractivity contribution in [3.63, 3.8) is 0 Å². The van der Waals surface area contributed by atoms with Crippen LogP contribution < -0.4 is 5.32 Å². The molecule has 5 nitrogen and oxygen atoms in total. The summed E-state index contributed by atoms with van der Waals surface area (Å²) in [6, 6.07) is 0. The third-order valence-corrected chi connectivity index (χ3v) is 4.25. The molecule has 1 aromatic rings. The quantitative estimate of drug-likeness (QED) is 0.894. The van der Waals surface area contributed by atoms with Crippen molar-refractivity contribution in [3.8, 4) is 0 Å². The van der Waals surface area contributed by atoms with Crippen LogP contribution in [0, 0.1) is 0 Å². The number of nitrogens with one attached hydrogen (secondary N) is 1. The van der Waals surface area contributed by atoms with Gasteiger partial charge in [0.1, 0.15) is 14.8 Å². The molecule has 0 radical (unpaired) electrons. The van der Waals surface area contributed by atoms with Crippen LogP contribution in [-0.2, 0) is 26.6 Å². The maximum Gasteiger partial charge on any atom is 0.221 e. The summed E-state index contributed by atoms with van der Waals surface area (Å²) in [6.07, 6.45) is 1.12. The Hall–Kier alpha value is -0.950. The fourth-order valence-electron chi connectivity index (χ4n) is 1.28. The normalized spacial score (nSPS) is 12.4. The molecule has 0 aliphatic carbocycles. The Labute approximate surface area is 118 Å². The molecule has 0 saturated heterocycles. The summed E-state index contributed by atoms with van der Waals surface area (Å²) in [7, 11) is -3.09. The first-order chi connectivity index (χ1) is 8.58. The van der Waals surface area contributed by atoms with E-state index in [9.17, 15) is 13.2 Å². The minimum atomic E-state index is -3.09. The number of aromatic nitrogens is 1. The highest BCUT2D eigenvalue weighted by molar-refractivity contribution is 7.90. The van der Waals surface area contributed by atoms with E-state index in [-0.39, 0.29) is 23.5 Å². The van der Waals surface area contributed by atoms with Gasteiger partial charge in [-0.1, -0.05) is 20.8 Å².